The second-order valence-corrected chi connectivity index (χ2v) is 12.1. The summed E-state index contributed by atoms with van der Waals surface area (Å²) in [6.45, 7) is 11.6. The highest BCUT2D eigenvalue weighted by atomic mass is 15.0. The summed E-state index contributed by atoms with van der Waals surface area (Å²) >= 11 is 0. The van der Waals surface area contributed by atoms with Crippen molar-refractivity contribution in [2.45, 2.75) is 45.4 Å². The minimum absolute atomic E-state index is 0.0179. The first-order chi connectivity index (χ1) is 18.2. The molecule has 2 aliphatic carbocycles. The fourth-order valence-electron chi connectivity index (χ4n) is 6.91. The molecule has 0 spiro atoms. The van der Waals surface area contributed by atoms with Gasteiger partial charge in [0.05, 0.1) is 5.56 Å². The number of aromatic nitrogens is 2. The lowest BCUT2D eigenvalue weighted by molar-refractivity contribution is -0.660. The minimum Gasteiger partial charge on any atom is -0.243 e. The van der Waals surface area contributed by atoms with Crippen molar-refractivity contribution >= 4 is 0 Å². The first-order valence-electron chi connectivity index (χ1n) is 13.5. The van der Waals surface area contributed by atoms with Crippen LogP contribution in [0.25, 0.3) is 44.8 Å². The molecule has 0 fully saturated rings. The molecule has 0 N–H and O–H groups in total. The Balaban J connectivity index is 1.30. The molecule has 0 aliphatic heterocycles. The Hall–Kier alpha value is -4.04. The van der Waals surface area contributed by atoms with Crippen LogP contribution >= 0.6 is 0 Å². The largest absolute Gasteiger partial charge is 0.243 e. The first-order valence-corrected chi connectivity index (χ1v) is 13.5. The van der Waals surface area contributed by atoms with Crippen LogP contribution in [-0.2, 0) is 17.9 Å². The summed E-state index contributed by atoms with van der Waals surface area (Å²) < 4.78 is 2.24. The molecule has 0 saturated heterocycles. The second kappa shape index (κ2) is 7.74. The van der Waals surface area contributed by atoms with Crippen molar-refractivity contribution in [1.29, 1.82) is 0 Å². The molecule has 0 saturated carbocycles. The van der Waals surface area contributed by atoms with Gasteiger partial charge in [0.1, 0.15) is 18.9 Å². The molecule has 0 bridgehead atoms. The topological polar surface area (TPSA) is 16.8 Å². The van der Waals surface area contributed by atoms with Crippen LogP contribution in [0.5, 0.6) is 0 Å². The van der Waals surface area contributed by atoms with Gasteiger partial charge in [-0.1, -0.05) is 94.4 Å². The molecule has 0 amide bonds. The smallest absolute Gasteiger partial charge is 0.231 e. The monoisotopic (exact) mass is 493 g/mol. The van der Waals surface area contributed by atoms with E-state index in [-0.39, 0.29) is 10.8 Å². The summed E-state index contributed by atoms with van der Waals surface area (Å²) in [4.78, 5) is 5.00. The molecule has 2 heteroatoms. The predicted octanol–water partition coefficient (Wildman–Crippen LogP) is 8.16. The Bertz CT molecular complexity index is 1790. The fourth-order valence-corrected chi connectivity index (χ4v) is 6.91. The van der Waals surface area contributed by atoms with Crippen LogP contribution in [0.1, 0.15) is 55.5 Å². The average molecular weight is 494 g/mol. The molecular weight excluding hydrogens is 460 g/mol. The lowest BCUT2D eigenvalue weighted by atomic mass is 9.81. The zero-order valence-electron chi connectivity index (χ0n) is 23.1. The quantitative estimate of drug-likeness (QED) is 0.227. The molecule has 0 radical (unpaired) electrons. The van der Waals surface area contributed by atoms with E-state index in [1.807, 2.05) is 6.20 Å². The van der Waals surface area contributed by atoms with Gasteiger partial charge in [-0.15, -0.1) is 0 Å². The van der Waals surface area contributed by atoms with Gasteiger partial charge < -0.3 is 0 Å². The van der Waals surface area contributed by atoms with Gasteiger partial charge in [-0.2, -0.15) is 4.57 Å². The van der Waals surface area contributed by atoms with Gasteiger partial charge in [-0.3, -0.25) is 0 Å². The van der Waals surface area contributed by atoms with Crippen molar-refractivity contribution in [1.82, 2.24) is 4.98 Å². The third kappa shape index (κ3) is 3.07. The van der Waals surface area contributed by atoms with Crippen LogP contribution in [0.15, 0.2) is 91.3 Å². The molecule has 4 aromatic carbocycles. The number of benzene rings is 4. The molecule has 2 aliphatic rings. The van der Waals surface area contributed by atoms with E-state index in [0.29, 0.717) is 0 Å². The highest BCUT2D eigenvalue weighted by molar-refractivity contribution is 5.85. The molecule has 5 aromatic rings. The van der Waals surface area contributed by atoms with Crippen molar-refractivity contribution in [3.63, 3.8) is 0 Å². The van der Waals surface area contributed by atoms with E-state index in [9.17, 15) is 0 Å². The van der Waals surface area contributed by atoms with Crippen molar-refractivity contribution < 1.29 is 4.57 Å². The second-order valence-electron chi connectivity index (χ2n) is 12.1. The highest BCUT2D eigenvalue weighted by Gasteiger charge is 2.37. The number of nitrogens with zero attached hydrogens (tertiary/aromatic N) is 2. The Morgan fingerprint density at radius 2 is 1.18 bits per heavy atom. The number of hydrogen-bond donors (Lipinski definition) is 0. The van der Waals surface area contributed by atoms with Crippen molar-refractivity contribution in [2.75, 3.05) is 0 Å². The van der Waals surface area contributed by atoms with E-state index >= 15 is 0 Å². The van der Waals surface area contributed by atoms with Crippen LogP contribution in [0.2, 0.25) is 0 Å². The van der Waals surface area contributed by atoms with E-state index in [1.54, 1.807) is 0 Å². The molecule has 1 aromatic heterocycles. The molecule has 38 heavy (non-hydrogen) atoms. The Kier molecular flexibility index (Phi) is 4.70. The number of hydrogen-bond acceptors (Lipinski definition) is 1. The summed E-state index contributed by atoms with van der Waals surface area (Å²) in [7, 11) is 2.14. The maximum Gasteiger partial charge on any atom is 0.231 e. The number of fused-ring (bicyclic) bond motifs is 6. The first kappa shape index (κ1) is 23.1. The van der Waals surface area contributed by atoms with Crippen molar-refractivity contribution in [3.8, 4) is 44.8 Å². The summed E-state index contributed by atoms with van der Waals surface area (Å²) in [6.07, 6.45) is 4.23. The Morgan fingerprint density at radius 3 is 1.84 bits per heavy atom. The van der Waals surface area contributed by atoms with E-state index in [0.717, 1.165) is 17.0 Å². The van der Waals surface area contributed by atoms with Gasteiger partial charge in [0.2, 0.25) is 5.69 Å². The van der Waals surface area contributed by atoms with E-state index < -0.39 is 0 Å². The summed E-state index contributed by atoms with van der Waals surface area (Å²) in [6, 6.07) is 29.2. The SMILES string of the molecule is Cc1cc2c(cc1-c1cnc(-c3ccc4c(c3)C(C)(C)c3ccccc3-4)c[n+]1C)C(C)(C)c1ccccc1-2. The van der Waals surface area contributed by atoms with E-state index in [2.05, 4.69) is 131 Å². The zero-order valence-corrected chi connectivity index (χ0v) is 23.1. The van der Waals surface area contributed by atoms with E-state index in [4.69, 9.17) is 4.98 Å². The minimum atomic E-state index is -0.0187. The third-order valence-electron chi connectivity index (χ3n) is 9.11. The van der Waals surface area contributed by atoms with Crippen molar-refractivity contribution in [2.24, 2.45) is 7.05 Å². The van der Waals surface area contributed by atoms with Gasteiger partial charge in [-0.25, -0.2) is 4.98 Å². The number of rotatable bonds is 2. The van der Waals surface area contributed by atoms with Crippen LogP contribution in [0, 0.1) is 6.92 Å². The lowest BCUT2D eigenvalue weighted by Gasteiger charge is -2.22. The maximum atomic E-state index is 5.00. The molecule has 0 atom stereocenters. The molecular formula is C36H33N2+. The van der Waals surface area contributed by atoms with Crippen LogP contribution in [0.4, 0.5) is 0 Å². The molecule has 7 rings (SSSR count). The third-order valence-corrected chi connectivity index (χ3v) is 9.11. The standard InChI is InChI=1S/C36H33N2/c1-22-17-28-25-12-8-10-14-30(25)36(4,5)32(28)19-27(22)34-20-37-33(21-38(34)6)23-15-16-26-24-11-7-9-13-29(24)35(2,3)31(26)18-23/h7-21H,1-6H3/q+1. The van der Waals surface area contributed by atoms with Crippen LogP contribution in [-0.4, -0.2) is 4.98 Å². The van der Waals surface area contributed by atoms with Gasteiger partial charge in [0.15, 0.2) is 6.20 Å². The number of aryl methyl sites for hydroxylation is 2. The summed E-state index contributed by atoms with van der Waals surface area (Å²) in [5.41, 5.74) is 16.8. The normalized spacial score (nSPS) is 15.5. The predicted molar refractivity (Wildman–Crippen MR) is 156 cm³/mol. The Labute approximate surface area is 225 Å². The van der Waals surface area contributed by atoms with Crippen LogP contribution < -0.4 is 4.57 Å². The molecule has 2 nitrogen and oxygen atoms in total. The summed E-state index contributed by atoms with van der Waals surface area (Å²) in [5.74, 6) is 0. The van der Waals surface area contributed by atoms with Gasteiger partial charge in [0.25, 0.3) is 0 Å². The van der Waals surface area contributed by atoms with Crippen LogP contribution in [0.3, 0.4) is 0 Å². The molecule has 0 unspecified atom stereocenters. The van der Waals surface area contributed by atoms with Crippen molar-refractivity contribution in [3.05, 3.63) is 119 Å². The van der Waals surface area contributed by atoms with Gasteiger partial charge in [0, 0.05) is 16.4 Å². The van der Waals surface area contributed by atoms with Gasteiger partial charge >= 0.3 is 0 Å². The highest BCUT2D eigenvalue weighted by Crippen LogP contribution is 2.51. The van der Waals surface area contributed by atoms with Gasteiger partial charge in [-0.05, 0) is 69.1 Å². The maximum absolute atomic E-state index is 5.00. The Morgan fingerprint density at radius 1 is 0.605 bits per heavy atom. The average Bonchev–Trinajstić information content (AvgIpc) is 3.28. The van der Waals surface area contributed by atoms with E-state index in [1.165, 1.54) is 55.6 Å². The zero-order chi connectivity index (χ0) is 26.4. The summed E-state index contributed by atoms with van der Waals surface area (Å²) in [5, 5.41) is 0. The fraction of sp³-hybridized carbons (Fsp3) is 0.222. The molecule has 1 heterocycles. The molecule has 186 valence electrons. The lowest BCUT2D eigenvalue weighted by Crippen LogP contribution is -2.31.